The van der Waals surface area contributed by atoms with E-state index in [1.807, 2.05) is 48.5 Å². The van der Waals surface area contributed by atoms with Crippen molar-refractivity contribution in [2.75, 3.05) is 29.9 Å². The molecule has 1 saturated heterocycles. The number of carbonyl (C=O) groups excluding carboxylic acids is 1. The molecule has 8 heteroatoms. The Kier molecular flexibility index (Phi) is 5.57. The van der Waals surface area contributed by atoms with Gasteiger partial charge in [0.15, 0.2) is 9.84 Å². The number of benzene rings is 2. The summed E-state index contributed by atoms with van der Waals surface area (Å²) in [7, 11) is -2.90. The Morgan fingerprint density at radius 3 is 2.53 bits per heavy atom. The molecule has 0 spiro atoms. The lowest BCUT2D eigenvalue weighted by molar-refractivity contribution is 0.102. The van der Waals surface area contributed by atoms with Crippen LogP contribution in [-0.2, 0) is 16.4 Å². The molecule has 0 unspecified atom stereocenters. The van der Waals surface area contributed by atoms with E-state index in [0.717, 1.165) is 22.6 Å². The molecule has 2 aliphatic rings. The number of nitrogens with one attached hydrogen (secondary N) is 1. The van der Waals surface area contributed by atoms with Crippen molar-refractivity contribution in [3.8, 4) is 11.3 Å². The first-order valence-electron chi connectivity index (χ1n) is 10.9. The van der Waals surface area contributed by atoms with E-state index in [-0.39, 0.29) is 17.4 Å². The van der Waals surface area contributed by atoms with Crippen LogP contribution in [0.3, 0.4) is 0 Å². The SMILES string of the molecule is O=C(Nc1ccc(-c2cc(C3CC3)on2)cc1)c1cccc(CN2CCS(=O)(=O)CC2)c1. The lowest BCUT2D eigenvalue weighted by atomic mass is 10.1. The van der Waals surface area contributed by atoms with Gasteiger partial charge in [-0.1, -0.05) is 29.4 Å². The Bertz CT molecular complexity index is 1220. The molecule has 1 aliphatic carbocycles. The molecular formula is C24H25N3O4S. The molecule has 2 fully saturated rings. The van der Waals surface area contributed by atoms with Crippen LogP contribution in [0.25, 0.3) is 11.3 Å². The van der Waals surface area contributed by atoms with Crippen LogP contribution in [0.1, 0.15) is 40.4 Å². The molecule has 7 nitrogen and oxygen atoms in total. The van der Waals surface area contributed by atoms with E-state index in [0.29, 0.717) is 36.8 Å². The Morgan fingerprint density at radius 1 is 1.06 bits per heavy atom. The van der Waals surface area contributed by atoms with Crippen LogP contribution in [0.15, 0.2) is 59.1 Å². The van der Waals surface area contributed by atoms with Gasteiger partial charge in [0.2, 0.25) is 0 Å². The molecule has 1 amide bonds. The third kappa shape index (κ3) is 4.92. The monoisotopic (exact) mass is 451 g/mol. The minimum Gasteiger partial charge on any atom is -0.360 e. The second-order valence-corrected chi connectivity index (χ2v) is 10.9. The minimum absolute atomic E-state index is 0.182. The normalized spacial score (nSPS) is 18.4. The van der Waals surface area contributed by atoms with E-state index >= 15 is 0 Å². The number of sulfone groups is 1. The highest BCUT2D eigenvalue weighted by atomic mass is 32.2. The Hall–Kier alpha value is -2.97. The van der Waals surface area contributed by atoms with Gasteiger partial charge in [-0.25, -0.2) is 8.42 Å². The van der Waals surface area contributed by atoms with Gasteiger partial charge in [0.05, 0.1) is 11.5 Å². The van der Waals surface area contributed by atoms with Gasteiger partial charge < -0.3 is 9.84 Å². The van der Waals surface area contributed by atoms with Crippen LogP contribution in [-0.4, -0.2) is 49.0 Å². The topological polar surface area (TPSA) is 92.5 Å². The van der Waals surface area contributed by atoms with Crippen LogP contribution in [0, 0.1) is 0 Å². The number of rotatable bonds is 6. The minimum atomic E-state index is -2.90. The average Bonchev–Trinajstić information content (AvgIpc) is 3.53. The summed E-state index contributed by atoms with van der Waals surface area (Å²) in [6, 6.07) is 17.0. The van der Waals surface area contributed by atoms with E-state index in [9.17, 15) is 13.2 Å². The predicted octanol–water partition coefficient (Wildman–Crippen LogP) is 3.70. The van der Waals surface area contributed by atoms with Crippen molar-refractivity contribution in [1.29, 1.82) is 0 Å². The van der Waals surface area contributed by atoms with E-state index in [4.69, 9.17) is 4.52 Å². The molecule has 2 heterocycles. The summed E-state index contributed by atoms with van der Waals surface area (Å²) in [4.78, 5) is 14.9. The summed E-state index contributed by atoms with van der Waals surface area (Å²) in [6.45, 7) is 1.68. The van der Waals surface area contributed by atoms with E-state index < -0.39 is 9.84 Å². The number of nitrogens with zero attached hydrogens (tertiary/aromatic N) is 2. The number of amides is 1. The van der Waals surface area contributed by atoms with Crippen LogP contribution >= 0.6 is 0 Å². The summed E-state index contributed by atoms with van der Waals surface area (Å²) in [5.41, 5.74) is 4.02. The second-order valence-electron chi connectivity index (χ2n) is 8.55. The van der Waals surface area contributed by atoms with Gasteiger partial charge in [-0.3, -0.25) is 9.69 Å². The van der Waals surface area contributed by atoms with Crippen LogP contribution in [0.5, 0.6) is 0 Å². The second kappa shape index (κ2) is 8.52. The molecular weight excluding hydrogens is 426 g/mol. The summed E-state index contributed by atoms with van der Waals surface area (Å²) < 4.78 is 28.6. The van der Waals surface area contributed by atoms with Gasteiger partial charge in [0.25, 0.3) is 5.91 Å². The standard InChI is InChI=1S/C24H25N3O4S/c28-24(20-3-1-2-17(14-20)16-27-10-12-32(29,30)13-11-27)25-21-8-6-18(7-9-21)22-15-23(31-26-22)19-4-5-19/h1-3,6-9,14-15,19H,4-5,10-13,16H2,(H,25,28). The van der Waals surface area contributed by atoms with Crippen molar-refractivity contribution in [2.24, 2.45) is 0 Å². The van der Waals surface area contributed by atoms with Gasteiger partial charge in [-0.15, -0.1) is 0 Å². The van der Waals surface area contributed by atoms with E-state index in [2.05, 4.69) is 15.4 Å². The van der Waals surface area contributed by atoms with Crippen LogP contribution in [0.2, 0.25) is 0 Å². The fourth-order valence-corrected chi connectivity index (χ4v) is 5.17. The maximum Gasteiger partial charge on any atom is 0.255 e. The van der Waals surface area contributed by atoms with Gasteiger partial charge >= 0.3 is 0 Å². The molecule has 166 valence electrons. The maximum atomic E-state index is 12.8. The van der Waals surface area contributed by atoms with Crippen molar-refractivity contribution in [3.05, 3.63) is 71.5 Å². The zero-order valence-electron chi connectivity index (χ0n) is 17.7. The first-order valence-corrected chi connectivity index (χ1v) is 12.7. The average molecular weight is 452 g/mol. The molecule has 1 aliphatic heterocycles. The molecule has 1 aromatic heterocycles. The highest BCUT2D eigenvalue weighted by Gasteiger charge is 2.28. The molecule has 1 N–H and O–H groups in total. The van der Waals surface area contributed by atoms with Crippen molar-refractivity contribution in [3.63, 3.8) is 0 Å². The van der Waals surface area contributed by atoms with Crippen LogP contribution in [0.4, 0.5) is 5.69 Å². The number of hydrogen-bond donors (Lipinski definition) is 1. The fourth-order valence-electron chi connectivity index (χ4n) is 3.89. The lowest BCUT2D eigenvalue weighted by Crippen LogP contribution is -2.39. The molecule has 32 heavy (non-hydrogen) atoms. The maximum absolute atomic E-state index is 12.8. The van der Waals surface area contributed by atoms with Gasteiger partial charge in [0, 0.05) is 48.4 Å². The predicted molar refractivity (Wildman–Crippen MR) is 122 cm³/mol. The highest BCUT2D eigenvalue weighted by molar-refractivity contribution is 7.91. The van der Waals surface area contributed by atoms with Crippen molar-refractivity contribution < 1.29 is 17.7 Å². The molecule has 0 bridgehead atoms. The summed E-state index contributed by atoms with van der Waals surface area (Å²) in [5.74, 6) is 1.67. The fraction of sp³-hybridized carbons (Fsp3) is 0.333. The summed E-state index contributed by atoms with van der Waals surface area (Å²) >= 11 is 0. The Labute approximate surface area is 187 Å². The largest absolute Gasteiger partial charge is 0.360 e. The van der Waals surface area contributed by atoms with Gasteiger partial charge in [0.1, 0.15) is 11.5 Å². The zero-order valence-corrected chi connectivity index (χ0v) is 18.5. The first-order chi connectivity index (χ1) is 15.4. The molecule has 3 aromatic rings. The number of anilines is 1. The molecule has 0 atom stereocenters. The van der Waals surface area contributed by atoms with E-state index in [1.54, 1.807) is 6.07 Å². The number of hydrogen-bond acceptors (Lipinski definition) is 6. The number of carbonyl (C=O) groups is 1. The highest BCUT2D eigenvalue weighted by Crippen LogP contribution is 2.41. The third-order valence-corrected chi connectivity index (χ3v) is 7.59. The van der Waals surface area contributed by atoms with Crippen LogP contribution < -0.4 is 5.32 Å². The third-order valence-electron chi connectivity index (χ3n) is 5.98. The van der Waals surface area contributed by atoms with Crippen molar-refractivity contribution in [1.82, 2.24) is 10.1 Å². The molecule has 0 radical (unpaired) electrons. The lowest BCUT2D eigenvalue weighted by Gasteiger charge is -2.26. The zero-order chi connectivity index (χ0) is 22.1. The quantitative estimate of drug-likeness (QED) is 0.614. The Morgan fingerprint density at radius 2 is 1.81 bits per heavy atom. The Balaban J connectivity index is 1.21. The van der Waals surface area contributed by atoms with Gasteiger partial charge in [-0.2, -0.15) is 0 Å². The molecule has 5 rings (SSSR count). The molecule has 2 aromatic carbocycles. The van der Waals surface area contributed by atoms with Gasteiger partial charge in [-0.05, 0) is 42.7 Å². The number of aromatic nitrogens is 1. The van der Waals surface area contributed by atoms with E-state index in [1.165, 1.54) is 12.8 Å². The first kappa shape index (κ1) is 20.9. The smallest absolute Gasteiger partial charge is 0.255 e. The summed E-state index contributed by atoms with van der Waals surface area (Å²) in [6.07, 6.45) is 2.33. The van der Waals surface area contributed by atoms with Crippen molar-refractivity contribution >= 4 is 21.4 Å². The van der Waals surface area contributed by atoms with Crippen molar-refractivity contribution in [2.45, 2.75) is 25.3 Å². The summed E-state index contributed by atoms with van der Waals surface area (Å²) in [5, 5.41) is 7.09. The molecule has 1 saturated carbocycles.